The predicted molar refractivity (Wildman–Crippen MR) is 81.8 cm³/mol. The molecule has 0 aromatic heterocycles. The molecular formula is C16H26N2O2. The maximum atomic E-state index is 11.9. The Morgan fingerprint density at radius 2 is 1.95 bits per heavy atom. The van der Waals surface area contributed by atoms with Crippen molar-refractivity contribution < 1.29 is 9.53 Å². The molecule has 1 rings (SSSR count). The third-order valence-electron chi connectivity index (χ3n) is 2.64. The van der Waals surface area contributed by atoms with Crippen LogP contribution in [0.5, 0.6) is 5.75 Å². The van der Waals surface area contributed by atoms with Gasteiger partial charge in [-0.1, -0.05) is 18.2 Å². The molecule has 0 heterocycles. The van der Waals surface area contributed by atoms with Gasteiger partial charge in [0.15, 0.2) is 0 Å². The number of nitrogens with one attached hydrogen (secondary N) is 1. The molecule has 0 unspecified atom stereocenters. The Morgan fingerprint density at radius 3 is 2.55 bits per heavy atom. The second kappa shape index (κ2) is 7.29. The third-order valence-corrected chi connectivity index (χ3v) is 2.64. The largest absolute Gasteiger partial charge is 0.494 e. The maximum absolute atomic E-state index is 11.9. The van der Waals surface area contributed by atoms with Crippen molar-refractivity contribution in [3.05, 3.63) is 29.8 Å². The Balaban J connectivity index is 2.58. The Morgan fingerprint density at radius 1 is 1.30 bits per heavy atom. The number of amides is 1. The SMILES string of the molecule is CCOc1ccccc1CN(C)CC(=O)NC(C)(C)C. The average Bonchev–Trinajstić information content (AvgIpc) is 2.29. The standard InChI is InChI=1S/C16H26N2O2/c1-6-20-14-10-8-7-9-13(14)11-18(5)12-15(19)17-16(2,3)4/h7-10H,6,11-12H2,1-5H3,(H,17,19). The van der Waals surface area contributed by atoms with Crippen LogP contribution >= 0.6 is 0 Å². The van der Waals surface area contributed by atoms with E-state index in [0.717, 1.165) is 11.3 Å². The first-order valence-corrected chi connectivity index (χ1v) is 7.02. The van der Waals surface area contributed by atoms with Gasteiger partial charge in [0.25, 0.3) is 0 Å². The minimum absolute atomic E-state index is 0.0360. The zero-order chi connectivity index (χ0) is 15.2. The Bertz CT molecular complexity index is 438. The van der Waals surface area contributed by atoms with E-state index in [9.17, 15) is 4.79 Å². The van der Waals surface area contributed by atoms with Gasteiger partial charge in [-0.05, 0) is 40.8 Å². The number of hydrogen-bond acceptors (Lipinski definition) is 3. The highest BCUT2D eigenvalue weighted by Gasteiger charge is 2.15. The van der Waals surface area contributed by atoms with Crippen molar-refractivity contribution in [2.75, 3.05) is 20.2 Å². The van der Waals surface area contributed by atoms with Crippen LogP contribution in [0.1, 0.15) is 33.3 Å². The van der Waals surface area contributed by atoms with E-state index in [1.807, 2.05) is 63.9 Å². The highest BCUT2D eigenvalue weighted by Crippen LogP contribution is 2.19. The molecule has 0 atom stereocenters. The van der Waals surface area contributed by atoms with Gasteiger partial charge >= 0.3 is 0 Å². The van der Waals surface area contributed by atoms with Crippen LogP contribution in [0, 0.1) is 0 Å². The number of para-hydroxylation sites is 1. The van der Waals surface area contributed by atoms with E-state index in [0.29, 0.717) is 19.7 Å². The fraction of sp³-hybridized carbons (Fsp3) is 0.562. The molecule has 4 heteroatoms. The third kappa shape index (κ3) is 6.06. The molecule has 20 heavy (non-hydrogen) atoms. The van der Waals surface area contributed by atoms with E-state index in [1.165, 1.54) is 0 Å². The van der Waals surface area contributed by atoms with E-state index in [-0.39, 0.29) is 11.4 Å². The van der Waals surface area contributed by atoms with Crippen molar-refractivity contribution in [3.63, 3.8) is 0 Å². The van der Waals surface area contributed by atoms with E-state index < -0.39 is 0 Å². The molecule has 0 spiro atoms. The summed E-state index contributed by atoms with van der Waals surface area (Å²) in [7, 11) is 1.94. The van der Waals surface area contributed by atoms with Crippen LogP contribution in [0.15, 0.2) is 24.3 Å². The molecule has 1 amide bonds. The van der Waals surface area contributed by atoms with Crippen LogP contribution in [0.4, 0.5) is 0 Å². The lowest BCUT2D eigenvalue weighted by Gasteiger charge is -2.23. The molecule has 0 saturated carbocycles. The smallest absolute Gasteiger partial charge is 0.234 e. The first kappa shape index (κ1) is 16.5. The molecule has 4 nitrogen and oxygen atoms in total. The number of rotatable bonds is 6. The lowest BCUT2D eigenvalue weighted by molar-refractivity contribution is -0.123. The summed E-state index contributed by atoms with van der Waals surface area (Å²) in [6, 6.07) is 7.94. The monoisotopic (exact) mass is 278 g/mol. The minimum Gasteiger partial charge on any atom is -0.494 e. The Kier molecular flexibility index (Phi) is 6.02. The van der Waals surface area contributed by atoms with E-state index in [2.05, 4.69) is 5.32 Å². The van der Waals surface area contributed by atoms with Crippen molar-refractivity contribution in [1.82, 2.24) is 10.2 Å². The van der Waals surface area contributed by atoms with Crippen LogP contribution in [-0.4, -0.2) is 36.5 Å². The molecule has 0 saturated heterocycles. The fourth-order valence-corrected chi connectivity index (χ4v) is 1.98. The predicted octanol–water partition coefficient (Wildman–Crippen LogP) is 2.43. The van der Waals surface area contributed by atoms with Crippen molar-refractivity contribution in [3.8, 4) is 5.75 Å². The number of benzene rings is 1. The van der Waals surface area contributed by atoms with Crippen LogP contribution in [0.2, 0.25) is 0 Å². The molecule has 0 aliphatic rings. The molecule has 1 aromatic carbocycles. The molecule has 0 bridgehead atoms. The van der Waals surface area contributed by atoms with Crippen molar-refractivity contribution in [2.45, 2.75) is 39.8 Å². The van der Waals surface area contributed by atoms with Gasteiger partial charge < -0.3 is 10.1 Å². The second-order valence-corrected chi connectivity index (χ2v) is 6.01. The number of likely N-dealkylation sites (N-methyl/N-ethyl adjacent to an activating group) is 1. The number of carbonyl (C=O) groups is 1. The summed E-state index contributed by atoms with van der Waals surface area (Å²) in [6.45, 7) is 9.62. The van der Waals surface area contributed by atoms with E-state index in [1.54, 1.807) is 0 Å². The van der Waals surface area contributed by atoms with Gasteiger partial charge in [-0.25, -0.2) is 0 Å². The first-order chi connectivity index (χ1) is 9.31. The van der Waals surface area contributed by atoms with Gasteiger partial charge in [-0.2, -0.15) is 0 Å². The molecule has 0 aliphatic heterocycles. The van der Waals surface area contributed by atoms with Gasteiger partial charge in [0.1, 0.15) is 5.75 Å². The summed E-state index contributed by atoms with van der Waals surface area (Å²) in [5.41, 5.74) is 0.904. The van der Waals surface area contributed by atoms with Crippen molar-refractivity contribution >= 4 is 5.91 Å². The fourth-order valence-electron chi connectivity index (χ4n) is 1.98. The van der Waals surface area contributed by atoms with Gasteiger partial charge in [0, 0.05) is 17.6 Å². The van der Waals surface area contributed by atoms with Gasteiger partial charge in [0.2, 0.25) is 5.91 Å². The summed E-state index contributed by atoms with van der Waals surface area (Å²) in [4.78, 5) is 13.9. The highest BCUT2D eigenvalue weighted by molar-refractivity contribution is 5.78. The Labute approximate surface area is 122 Å². The zero-order valence-electron chi connectivity index (χ0n) is 13.2. The van der Waals surface area contributed by atoms with E-state index >= 15 is 0 Å². The average molecular weight is 278 g/mol. The lowest BCUT2D eigenvalue weighted by atomic mass is 10.1. The normalized spacial score (nSPS) is 11.5. The van der Waals surface area contributed by atoms with Crippen LogP contribution in [0.3, 0.4) is 0 Å². The van der Waals surface area contributed by atoms with Crippen molar-refractivity contribution in [2.24, 2.45) is 0 Å². The van der Waals surface area contributed by atoms with Crippen molar-refractivity contribution in [1.29, 1.82) is 0 Å². The second-order valence-electron chi connectivity index (χ2n) is 6.01. The molecule has 112 valence electrons. The molecule has 0 radical (unpaired) electrons. The number of nitrogens with zero attached hydrogens (tertiary/aromatic N) is 1. The maximum Gasteiger partial charge on any atom is 0.234 e. The van der Waals surface area contributed by atoms with Gasteiger partial charge in [-0.3, -0.25) is 9.69 Å². The topological polar surface area (TPSA) is 41.6 Å². The Hall–Kier alpha value is -1.55. The molecule has 1 aromatic rings. The molecule has 1 N–H and O–H groups in total. The summed E-state index contributed by atoms with van der Waals surface area (Å²) in [6.07, 6.45) is 0. The molecule has 0 aliphatic carbocycles. The number of hydrogen-bond donors (Lipinski definition) is 1. The van der Waals surface area contributed by atoms with E-state index in [4.69, 9.17) is 4.74 Å². The summed E-state index contributed by atoms with van der Waals surface area (Å²) in [5, 5.41) is 2.96. The summed E-state index contributed by atoms with van der Waals surface area (Å²) in [5.74, 6) is 0.923. The zero-order valence-corrected chi connectivity index (χ0v) is 13.2. The molecule has 0 fully saturated rings. The lowest BCUT2D eigenvalue weighted by Crippen LogP contribution is -2.45. The van der Waals surface area contributed by atoms with Crippen LogP contribution < -0.4 is 10.1 Å². The number of ether oxygens (including phenoxy) is 1. The van der Waals surface area contributed by atoms with Gasteiger partial charge in [0.05, 0.1) is 13.2 Å². The van der Waals surface area contributed by atoms with Gasteiger partial charge in [-0.15, -0.1) is 0 Å². The summed E-state index contributed by atoms with van der Waals surface area (Å²) < 4.78 is 5.60. The van der Waals surface area contributed by atoms with Crippen LogP contribution in [-0.2, 0) is 11.3 Å². The summed E-state index contributed by atoms with van der Waals surface area (Å²) >= 11 is 0. The highest BCUT2D eigenvalue weighted by atomic mass is 16.5. The molecular weight excluding hydrogens is 252 g/mol. The minimum atomic E-state index is -0.193. The number of carbonyl (C=O) groups excluding carboxylic acids is 1. The quantitative estimate of drug-likeness (QED) is 0.869. The first-order valence-electron chi connectivity index (χ1n) is 7.02. The van der Waals surface area contributed by atoms with Crippen LogP contribution in [0.25, 0.3) is 0 Å².